The summed E-state index contributed by atoms with van der Waals surface area (Å²) in [5.74, 6) is -0.146. The second-order valence-electron chi connectivity index (χ2n) is 4.64. The summed E-state index contributed by atoms with van der Waals surface area (Å²) in [6.07, 6.45) is 4.55. The number of hydrogen-bond acceptors (Lipinski definition) is 4. The van der Waals surface area contributed by atoms with E-state index >= 15 is 0 Å². The highest BCUT2D eigenvalue weighted by atomic mass is 16.2. The standard InChI is InChI=1S/C12H19N5O2/c1-2-16-9-10(8-11(16)18)12(19)13-4-3-6-17-7-5-14-15-17/h5,7,10H,2-4,6,8-9H2,1H3,(H,13,19)/t10-/m1/s1. The quantitative estimate of drug-likeness (QED) is 0.713. The second kappa shape index (κ2) is 6.31. The van der Waals surface area contributed by atoms with Crippen LogP contribution in [0, 0.1) is 5.92 Å². The number of rotatable bonds is 6. The molecule has 7 nitrogen and oxygen atoms in total. The van der Waals surface area contributed by atoms with Crippen molar-refractivity contribution < 1.29 is 9.59 Å². The van der Waals surface area contributed by atoms with Crippen LogP contribution < -0.4 is 5.32 Å². The maximum atomic E-state index is 11.9. The minimum atomic E-state index is -0.196. The smallest absolute Gasteiger partial charge is 0.225 e. The minimum Gasteiger partial charge on any atom is -0.356 e. The van der Waals surface area contributed by atoms with Crippen molar-refractivity contribution in [1.29, 1.82) is 0 Å². The Morgan fingerprint density at radius 2 is 2.42 bits per heavy atom. The summed E-state index contributed by atoms with van der Waals surface area (Å²) in [6.45, 7) is 4.47. The Hall–Kier alpha value is -1.92. The molecule has 0 unspecified atom stereocenters. The van der Waals surface area contributed by atoms with Crippen LogP contribution in [-0.2, 0) is 16.1 Å². The summed E-state index contributed by atoms with van der Waals surface area (Å²) in [6, 6.07) is 0. The zero-order chi connectivity index (χ0) is 13.7. The van der Waals surface area contributed by atoms with Gasteiger partial charge in [0.1, 0.15) is 0 Å². The molecule has 0 saturated carbocycles. The molecule has 1 atom stereocenters. The molecule has 1 fully saturated rings. The number of amides is 2. The normalized spacial score (nSPS) is 18.9. The fourth-order valence-corrected chi connectivity index (χ4v) is 2.20. The molecule has 2 amide bonds. The second-order valence-corrected chi connectivity index (χ2v) is 4.64. The van der Waals surface area contributed by atoms with E-state index in [1.54, 1.807) is 22.0 Å². The van der Waals surface area contributed by atoms with Gasteiger partial charge >= 0.3 is 0 Å². The molecule has 1 saturated heterocycles. The molecular formula is C12H19N5O2. The van der Waals surface area contributed by atoms with Crippen molar-refractivity contribution in [3.05, 3.63) is 12.4 Å². The van der Waals surface area contributed by atoms with Crippen LogP contribution in [0.1, 0.15) is 19.8 Å². The van der Waals surface area contributed by atoms with Crippen molar-refractivity contribution >= 4 is 11.8 Å². The summed E-state index contributed by atoms with van der Waals surface area (Å²) in [4.78, 5) is 25.1. The lowest BCUT2D eigenvalue weighted by atomic mass is 10.1. The molecule has 1 aromatic rings. The lowest BCUT2D eigenvalue weighted by molar-refractivity contribution is -0.128. The van der Waals surface area contributed by atoms with Gasteiger partial charge in [0, 0.05) is 38.8 Å². The van der Waals surface area contributed by atoms with E-state index in [0.717, 1.165) is 13.0 Å². The third kappa shape index (κ3) is 3.52. The number of aromatic nitrogens is 3. The van der Waals surface area contributed by atoms with Crippen LogP contribution >= 0.6 is 0 Å². The van der Waals surface area contributed by atoms with Gasteiger partial charge in [-0.05, 0) is 13.3 Å². The maximum Gasteiger partial charge on any atom is 0.225 e. The minimum absolute atomic E-state index is 0.0251. The zero-order valence-corrected chi connectivity index (χ0v) is 11.1. The molecule has 7 heteroatoms. The van der Waals surface area contributed by atoms with Crippen molar-refractivity contribution in [2.45, 2.75) is 26.3 Å². The average Bonchev–Trinajstić information content (AvgIpc) is 3.03. The van der Waals surface area contributed by atoms with Crippen LogP contribution in [0.15, 0.2) is 12.4 Å². The van der Waals surface area contributed by atoms with Gasteiger partial charge in [-0.2, -0.15) is 0 Å². The van der Waals surface area contributed by atoms with Gasteiger partial charge in [0.25, 0.3) is 0 Å². The Balaban J connectivity index is 1.66. The van der Waals surface area contributed by atoms with Gasteiger partial charge < -0.3 is 10.2 Å². The van der Waals surface area contributed by atoms with Crippen molar-refractivity contribution in [2.75, 3.05) is 19.6 Å². The van der Waals surface area contributed by atoms with E-state index in [1.165, 1.54) is 0 Å². The molecule has 0 radical (unpaired) electrons. The Bertz CT molecular complexity index is 431. The number of hydrogen-bond donors (Lipinski definition) is 1. The molecule has 1 aromatic heterocycles. The molecule has 1 aliphatic rings. The number of likely N-dealkylation sites (tertiary alicyclic amines) is 1. The molecule has 0 aliphatic carbocycles. The van der Waals surface area contributed by atoms with E-state index in [1.807, 2.05) is 6.92 Å². The molecule has 0 aromatic carbocycles. The largest absolute Gasteiger partial charge is 0.356 e. The molecule has 1 aliphatic heterocycles. The van der Waals surface area contributed by atoms with Crippen LogP contribution in [0.3, 0.4) is 0 Å². The lowest BCUT2D eigenvalue weighted by Crippen LogP contribution is -2.33. The van der Waals surface area contributed by atoms with Crippen LogP contribution in [-0.4, -0.2) is 51.3 Å². The van der Waals surface area contributed by atoms with Gasteiger partial charge in [-0.25, -0.2) is 0 Å². The molecule has 104 valence electrons. The van der Waals surface area contributed by atoms with Gasteiger partial charge in [-0.15, -0.1) is 5.10 Å². The fraction of sp³-hybridized carbons (Fsp3) is 0.667. The third-order valence-corrected chi connectivity index (χ3v) is 3.30. The molecule has 1 N–H and O–H groups in total. The molecule has 2 heterocycles. The van der Waals surface area contributed by atoms with Gasteiger partial charge in [-0.3, -0.25) is 14.3 Å². The fourth-order valence-electron chi connectivity index (χ4n) is 2.20. The average molecular weight is 265 g/mol. The first-order chi connectivity index (χ1) is 9.20. The van der Waals surface area contributed by atoms with Crippen LogP contribution in [0.2, 0.25) is 0 Å². The molecule has 19 heavy (non-hydrogen) atoms. The van der Waals surface area contributed by atoms with Crippen molar-refractivity contribution in [1.82, 2.24) is 25.2 Å². The molecular weight excluding hydrogens is 246 g/mol. The van der Waals surface area contributed by atoms with E-state index in [9.17, 15) is 9.59 Å². The Morgan fingerprint density at radius 3 is 3.05 bits per heavy atom. The zero-order valence-electron chi connectivity index (χ0n) is 11.1. The first kappa shape index (κ1) is 13.5. The van der Waals surface area contributed by atoms with Gasteiger partial charge in [-0.1, -0.05) is 5.21 Å². The highest BCUT2D eigenvalue weighted by molar-refractivity contribution is 5.89. The number of carbonyl (C=O) groups excluding carboxylic acids is 2. The molecule has 2 rings (SSSR count). The number of nitrogens with one attached hydrogen (secondary N) is 1. The van der Waals surface area contributed by atoms with E-state index in [2.05, 4.69) is 15.6 Å². The Morgan fingerprint density at radius 1 is 1.58 bits per heavy atom. The summed E-state index contributed by atoms with van der Waals surface area (Å²) in [5.41, 5.74) is 0. The SMILES string of the molecule is CCN1C[C@H](C(=O)NCCCn2ccnn2)CC1=O. The van der Waals surface area contributed by atoms with Crippen molar-refractivity contribution in [3.63, 3.8) is 0 Å². The van der Waals surface area contributed by atoms with E-state index in [4.69, 9.17) is 0 Å². The number of aryl methyl sites for hydroxylation is 1. The number of nitrogens with zero attached hydrogens (tertiary/aromatic N) is 4. The molecule has 0 spiro atoms. The summed E-state index contributed by atoms with van der Waals surface area (Å²) in [7, 11) is 0. The van der Waals surface area contributed by atoms with E-state index in [-0.39, 0.29) is 17.7 Å². The number of carbonyl (C=O) groups is 2. The van der Waals surface area contributed by atoms with Crippen molar-refractivity contribution in [3.8, 4) is 0 Å². The van der Waals surface area contributed by atoms with Crippen LogP contribution in [0.25, 0.3) is 0 Å². The van der Waals surface area contributed by atoms with Gasteiger partial charge in [0.2, 0.25) is 11.8 Å². The van der Waals surface area contributed by atoms with Crippen LogP contribution in [0.5, 0.6) is 0 Å². The Kier molecular flexibility index (Phi) is 4.48. The lowest BCUT2D eigenvalue weighted by Gasteiger charge is -2.13. The van der Waals surface area contributed by atoms with Gasteiger partial charge in [0.05, 0.1) is 12.1 Å². The topological polar surface area (TPSA) is 80.1 Å². The first-order valence-corrected chi connectivity index (χ1v) is 6.60. The van der Waals surface area contributed by atoms with E-state index in [0.29, 0.717) is 26.1 Å². The molecule has 0 bridgehead atoms. The van der Waals surface area contributed by atoms with E-state index < -0.39 is 0 Å². The Labute approximate surface area is 112 Å². The summed E-state index contributed by atoms with van der Waals surface area (Å²) >= 11 is 0. The van der Waals surface area contributed by atoms with Crippen LogP contribution in [0.4, 0.5) is 0 Å². The van der Waals surface area contributed by atoms with Crippen molar-refractivity contribution in [2.24, 2.45) is 5.92 Å². The monoisotopic (exact) mass is 265 g/mol. The summed E-state index contributed by atoms with van der Waals surface area (Å²) < 4.78 is 1.73. The predicted molar refractivity (Wildman–Crippen MR) is 68.0 cm³/mol. The van der Waals surface area contributed by atoms with Gasteiger partial charge in [0.15, 0.2) is 0 Å². The maximum absolute atomic E-state index is 11.9. The first-order valence-electron chi connectivity index (χ1n) is 6.60. The highest BCUT2D eigenvalue weighted by Crippen LogP contribution is 2.17. The summed E-state index contributed by atoms with van der Waals surface area (Å²) in [5, 5.41) is 10.4. The highest BCUT2D eigenvalue weighted by Gasteiger charge is 2.32. The predicted octanol–water partition coefficient (Wildman–Crippen LogP) is -0.347. The third-order valence-electron chi connectivity index (χ3n) is 3.30.